The second-order valence-electron chi connectivity index (χ2n) is 5.03. The number of benzene rings is 1. The first-order chi connectivity index (χ1) is 11.8. The Morgan fingerprint density at radius 3 is 2.88 bits per heavy atom. The molecule has 1 aromatic carbocycles. The van der Waals surface area contributed by atoms with E-state index in [-0.39, 0.29) is 5.91 Å². The first kappa shape index (κ1) is 14.9. The third-order valence-electron chi connectivity index (χ3n) is 3.57. The lowest BCUT2D eigenvalue weighted by Crippen LogP contribution is -2.14. The molecule has 0 unspecified atom stereocenters. The van der Waals surface area contributed by atoms with Crippen molar-refractivity contribution < 1.29 is 9.53 Å². The maximum absolute atomic E-state index is 12.6. The Kier molecular flexibility index (Phi) is 3.79. The number of amides is 1. The minimum Gasteiger partial charge on any atom is -0.495 e. The predicted octanol–water partition coefficient (Wildman–Crippen LogP) is 4.39. The van der Waals surface area contributed by atoms with Crippen LogP contribution >= 0.6 is 22.7 Å². The van der Waals surface area contributed by atoms with Gasteiger partial charge in [-0.3, -0.25) is 9.20 Å². The normalized spacial score (nSPS) is 10.9. The van der Waals surface area contributed by atoms with Crippen molar-refractivity contribution in [3.63, 3.8) is 0 Å². The van der Waals surface area contributed by atoms with E-state index in [1.165, 1.54) is 11.3 Å². The van der Waals surface area contributed by atoms with E-state index >= 15 is 0 Å². The number of thiazole rings is 1. The number of rotatable bonds is 4. The SMILES string of the molecule is COc1ccccc1NC(=O)c1csc2nc(-c3cccs3)cn12. The van der Waals surface area contributed by atoms with Crippen LogP contribution in [0.2, 0.25) is 0 Å². The Balaban J connectivity index is 1.67. The second-order valence-corrected chi connectivity index (χ2v) is 6.82. The highest BCUT2D eigenvalue weighted by molar-refractivity contribution is 7.15. The van der Waals surface area contributed by atoms with Crippen LogP contribution in [-0.4, -0.2) is 22.4 Å². The van der Waals surface area contributed by atoms with E-state index in [1.54, 1.807) is 18.4 Å². The van der Waals surface area contributed by atoms with E-state index in [0.29, 0.717) is 17.1 Å². The first-order valence-electron chi connectivity index (χ1n) is 7.21. The lowest BCUT2D eigenvalue weighted by atomic mass is 10.3. The molecule has 0 aliphatic heterocycles. The topological polar surface area (TPSA) is 55.6 Å². The minimum atomic E-state index is -0.194. The summed E-state index contributed by atoms with van der Waals surface area (Å²) in [7, 11) is 1.58. The zero-order valence-corrected chi connectivity index (χ0v) is 14.4. The van der Waals surface area contributed by atoms with Gasteiger partial charge in [0.2, 0.25) is 0 Å². The molecule has 0 bridgehead atoms. The van der Waals surface area contributed by atoms with Gasteiger partial charge >= 0.3 is 0 Å². The lowest BCUT2D eigenvalue weighted by Gasteiger charge is -2.09. The molecular formula is C17H13N3O2S2. The zero-order valence-electron chi connectivity index (χ0n) is 12.7. The van der Waals surface area contributed by atoms with Crippen molar-refractivity contribution >= 4 is 39.2 Å². The number of methoxy groups -OCH3 is 1. The van der Waals surface area contributed by atoms with Crippen LogP contribution in [0.4, 0.5) is 5.69 Å². The van der Waals surface area contributed by atoms with Crippen molar-refractivity contribution in [1.82, 2.24) is 9.38 Å². The van der Waals surface area contributed by atoms with Crippen molar-refractivity contribution in [3.05, 3.63) is 59.0 Å². The van der Waals surface area contributed by atoms with Gasteiger partial charge in [-0.05, 0) is 23.6 Å². The summed E-state index contributed by atoms with van der Waals surface area (Å²) in [6, 6.07) is 11.3. The van der Waals surface area contributed by atoms with Crippen LogP contribution in [0.3, 0.4) is 0 Å². The summed E-state index contributed by atoms with van der Waals surface area (Å²) in [4.78, 5) is 19.1. The van der Waals surface area contributed by atoms with Crippen molar-refractivity contribution in [1.29, 1.82) is 0 Å². The number of nitrogens with one attached hydrogen (secondary N) is 1. The van der Waals surface area contributed by atoms with Crippen molar-refractivity contribution in [2.24, 2.45) is 0 Å². The molecule has 7 heteroatoms. The van der Waals surface area contributed by atoms with Gasteiger partial charge in [0.15, 0.2) is 4.96 Å². The molecule has 0 spiro atoms. The quantitative estimate of drug-likeness (QED) is 0.591. The van der Waals surface area contributed by atoms with Crippen molar-refractivity contribution in [2.75, 3.05) is 12.4 Å². The van der Waals surface area contributed by atoms with Crippen molar-refractivity contribution in [2.45, 2.75) is 0 Å². The largest absolute Gasteiger partial charge is 0.495 e. The first-order valence-corrected chi connectivity index (χ1v) is 8.97. The van der Waals surface area contributed by atoms with E-state index in [2.05, 4.69) is 10.3 Å². The molecule has 3 heterocycles. The number of carbonyl (C=O) groups excluding carboxylic acids is 1. The van der Waals surface area contributed by atoms with E-state index < -0.39 is 0 Å². The summed E-state index contributed by atoms with van der Waals surface area (Å²) in [6.07, 6.45) is 1.90. The molecule has 0 radical (unpaired) electrons. The van der Waals surface area contributed by atoms with Gasteiger partial charge in [0, 0.05) is 11.6 Å². The Morgan fingerprint density at radius 2 is 2.08 bits per heavy atom. The van der Waals surface area contributed by atoms with Crippen molar-refractivity contribution in [3.8, 4) is 16.3 Å². The number of imidazole rings is 1. The smallest absolute Gasteiger partial charge is 0.273 e. The zero-order chi connectivity index (χ0) is 16.5. The van der Waals surface area contributed by atoms with Crippen LogP contribution in [0.25, 0.3) is 15.5 Å². The standard InChI is InChI=1S/C17H13N3O2S2/c1-22-14-6-3-2-5-11(14)18-16(21)13-10-24-17-19-12(9-20(13)17)15-7-4-8-23-15/h2-10H,1H3,(H,18,21). The van der Waals surface area contributed by atoms with Crippen LogP contribution < -0.4 is 10.1 Å². The van der Waals surface area contributed by atoms with E-state index in [4.69, 9.17) is 4.74 Å². The number of anilines is 1. The maximum atomic E-state index is 12.6. The molecule has 1 amide bonds. The highest BCUT2D eigenvalue weighted by Crippen LogP contribution is 2.28. The van der Waals surface area contributed by atoms with Gasteiger partial charge in [0.25, 0.3) is 5.91 Å². The van der Waals surface area contributed by atoms with Crippen LogP contribution in [-0.2, 0) is 0 Å². The lowest BCUT2D eigenvalue weighted by molar-refractivity contribution is 0.102. The molecule has 0 fully saturated rings. The summed E-state index contributed by atoms with van der Waals surface area (Å²) in [5.41, 5.74) is 2.07. The van der Waals surface area contributed by atoms with Crippen LogP contribution in [0.1, 0.15) is 10.5 Å². The fourth-order valence-corrected chi connectivity index (χ4v) is 3.96. The predicted molar refractivity (Wildman–Crippen MR) is 97.3 cm³/mol. The van der Waals surface area contributed by atoms with Crippen LogP contribution in [0.5, 0.6) is 5.75 Å². The number of hydrogen-bond donors (Lipinski definition) is 1. The average Bonchev–Trinajstić information content (AvgIpc) is 3.31. The molecule has 0 aliphatic rings. The highest BCUT2D eigenvalue weighted by Gasteiger charge is 2.16. The van der Waals surface area contributed by atoms with E-state index in [1.807, 2.05) is 57.8 Å². The Hall–Kier alpha value is -2.64. The summed E-state index contributed by atoms with van der Waals surface area (Å²) >= 11 is 3.07. The highest BCUT2D eigenvalue weighted by atomic mass is 32.1. The number of para-hydroxylation sites is 2. The fourth-order valence-electron chi connectivity index (χ4n) is 2.42. The molecule has 4 aromatic rings. The molecule has 4 rings (SSSR count). The third-order valence-corrected chi connectivity index (χ3v) is 5.30. The fraction of sp³-hybridized carbons (Fsp3) is 0.0588. The molecule has 24 heavy (non-hydrogen) atoms. The molecule has 5 nitrogen and oxygen atoms in total. The summed E-state index contributed by atoms with van der Waals surface area (Å²) in [6.45, 7) is 0. The van der Waals surface area contributed by atoms with Gasteiger partial charge < -0.3 is 10.1 Å². The third kappa shape index (κ3) is 2.57. The number of aromatic nitrogens is 2. The van der Waals surface area contributed by atoms with Gasteiger partial charge in [-0.2, -0.15) is 0 Å². The number of carbonyl (C=O) groups is 1. The van der Waals surface area contributed by atoms with Gasteiger partial charge in [0.1, 0.15) is 17.1 Å². The number of nitrogens with zero attached hydrogens (tertiary/aromatic N) is 2. The Bertz CT molecular complexity index is 1000. The molecular weight excluding hydrogens is 342 g/mol. The van der Waals surface area contributed by atoms with Gasteiger partial charge in [-0.25, -0.2) is 4.98 Å². The summed E-state index contributed by atoms with van der Waals surface area (Å²) < 4.78 is 7.10. The van der Waals surface area contributed by atoms with Gasteiger partial charge in [-0.15, -0.1) is 22.7 Å². The molecule has 0 atom stereocenters. The van der Waals surface area contributed by atoms with Gasteiger partial charge in [-0.1, -0.05) is 18.2 Å². The monoisotopic (exact) mass is 355 g/mol. The Morgan fingerprint density at radius 1 is 1.21 bits per heavy atom. The molecule has 1 N–H and O–H groups in total. The molecule has 0 saturated carbocycles. The molecule has 0 aliphatic carbocycles. The van der Waals surface area contributed by atoms with Gasteiger partial charge in [0.05, 0.1) is 17.7 Å². The summed E-state index contributed by atoms with van der Waals surface area (Å²) in [5, 5.41) is 6.72. The maximum Gasteiger partial charge on any atom is 0.273 e. The number of fused-ring (bicyclic) bond motifs is 1. The number of ether oxygens (including phenoxy) is 1. The van der Waals surface area contributed by atoms with E-state index in [0.717, 1.165) is 15.5 Å². The second kappa shape index (κ2) is 6.10. The minimum absolute atomic E-state index is 0.194. The average molecular weight is 355 g/mol. The molecule has 120 valence electrons. The Labute approximate surface area is 146 Å². The number of thiophene rings is 1. The van der Waals surface area contributed by atoms with Crippen LogP contribution in [0.15, 0.2) is 53.4 Å². The van der Waals surface area contributed by atoms with E-state index in [9.17, 15) is 4.79 Å². The number of hydrogen-bond acceptors (Lipinski definition) is 5. The molecule has 0 saturated heterocycles. The van der Waals surface area contributed by atoms with Crippen LogP contribution in [0, 0.1) is 0 Å². The summed E-state index contributed by atoms with van der Waals surface area (Å²) in [5.74, 6) is 0.433. The molecule has 3 aromatic heterocycles.